The third-order valence-electron chi connectivity index (χ3n) is 9.81. The second-order valence-corrected chi connectivity index (χ2v) is 12.2. The summed E-state index contributed by atoms with van der Waals surface area (Å²) in [4.78, 5) is 10.2. The van der Waals surface area contributed by atoms with Gasteiger partial charge in [0.2, 0.25) is 0 Å². The zero-order chi connectivity index (χ0) is 29.9. The molecule has 46 heavy (non-hydrogen) atoms. The van der Waals surface area contributed by atoms with Crippen molar-refractivity contribution in [1.29, 1.82) is 0 Å². The molecule has 0 radical (unpaired) electrons. The average molecular weight is 585 g/mol. The van der Waals surface area contributed by atoms with E-state index < -0.39 is 0 Å². The molecule has 0 aliphatic carbocycles. The highest BCUT2D eigenvalue weighted by Gasteiger charge is 2.22. The summed E-state index contributed by atoms with van der Waals surface area (Å²) in [5.74, 6) is 0. The maximum atomic E-state index is 5.13. The molecule has 0 aliphatic rings. The van der Waals surface area contributed by atoms with Crippen molar-refractivity contribution in [3.8, 4) is 16.8 Å². The summed E-state index contributed by atoms with van der Waals surface area (Å²) in [5.41, 5.74) is 12.1. The van der Waals surface area contributed by atoms with Gasteiger partial charge in [0, 0.05) is 38.0 Å². The van der Waals surface area contributed by atoms with Crippen molar-refractivity contribution in [2.24, 2.45) is 0 Å². The summed E-state index contributed by atoms with van der Waals surface area (Å²) in [7, 11) is 0. The molecule has 0 spiro atoms. The average Bonchev–Trinajstić information content (AvgIpc) is 3.75. The minimum Gasteiger partial charge on any atom is -0.309 e. The first-order valence-electron chi connectivity index (χ1n) is 15.7. The van der Waals surface area contributed by atoms with Crippen molar-refractivity contribution in [3.63, 3.8) is 0 Å². The van der Waals surface area contributed by atoms with E-state index in [1.807, 2.05) is 24.3 Å². The van der Waals surface area contributed by atoms with Gasteiger partial charge in [-0.1, -0.05) is 97.1 Å². The quantitative estimate of drug-likeness (QED) is 0.203. The lowest BCUT2D eigenvalue weighted by Gasteiger charge is -2.13. The molecule has 4 aromatic heterocycles. The van der Waals surface area contributed by atoms with Crippen LogP contribution in [0.15, 0.2) is 146 Å². The third-order valence-corrected chi connectivity index (χ3v) is 9.81. The Labute approximate surface area is 262 Å². The van der Waals surface area contributed by atoms with Gasteiger partial charge in [0.1, 0.15) is 5.52 Å². The van der Waals surface area contributed by atoms with Crippen molar-refractivity contribution >= 4 is 82.0 Å². The summed E-state index contributed by atoms with van der Waals surface area (Å²) in [6, 6.07) is 52.4. The van der Waals surface area contributed by atoms with Crippen LogP contribution in [-0.2, 0) is 0 Å². The van der Waals surface area contributed by atoms with Gasteiger partial charge in [0.05, 0.1) is 33.1 Å². The molecule has 212 valence electrons. The maximum absolute atomic E-state index is 5.13. The first-order valence-corrected chi connectivity index (χ1v) is 15.7. The molecule has 0 unspecified atom stereocenters. The predicted molar refractivity (Wildman–Crippen MR) is 191 cm³/mol. The highest BCUT2D eigenvalue weighted by atomic mass is 15.0. The topological polar surface area (TPSA) is 35.1 Å². The van der Waals surface area contributed by atoms with E-state index in [1.54, 1.807) is 0 Å². The normalized spacial score (nSPS) is 12.3. The Bertz CT molecular complexity index is 3020. The van der Waals surface area contributed by atoms with Crippen LogP contribution >= 0.6 is 0 Å². The third kappa shape index (κ3) is 3.03. The fourth-order valence-electron chi connectivity index (χ4n) is 7.88. The number of fused-ring (bicyclic) bond motifs is 12. The molecule has 0 saturated heterocycles. The molecule has 0 bridgehead atoms. The monoisotopic (exact) mass is 584 g/mol. The zero-order valence-electron chi connectivity index (χ0n) is 24.6. The van der Waals surface area contributed by atoms with E-state index in [9.17, 15) is 0 Å². The molecule has 4 nitrogen and oxygen atoms in total. The van der Waals surface area contributed by atoms with E-state index in [0.717, 1.165) is 33.1 Å². The van der Waals surface area contributed by atoms with Crippen LogP contribution in [0.4, 0.5) is 0 Å². The second kappa shape index (κ2) is 8.68. The number of aromatic nitrogens is 4. The number of hydrogen-bond donors (Lipinski definition) is 0. The van der Waals surface area contributed by atoms with Gasteiger partial charge in [0.15, 0.2) is 5.65 Å². The first kappa shape index (κ1) is 24.1. The van der Waals surface area contributed by atoms with Crippen LogP contribution in [0.25, 0.3) is 98.8 Å². The second-order valence-electron chi connectivity index (χ2n) is 12.2. The van der Waals surface area contributed by atoms with E-state index in [4.69, 9.17) is 9.97 Å². The van der Waals surface area contributed by atoms with Crippen molar-refractivity contribution in [2.45, 2.75) is 0 Å². The minimum atomic E-state index is 0.910. The molecule has 0 atom stereocenters. The Morgan fingerprint density at radius 1 is 0.413 bits per heavy atom. The van der Waals surface area contributed by atoms with Crippen LogP contribution in [0.1, 0.15) is 0 Å². The summed E-state index contributed by atoms with van der Waals surface area (Å²) >= 11 is 0. The SMILES string of the molecule is c1ccc(-n2c3ccccc3c3cc(-c4ccc5c(c4)c4cccc6c7nc8ccccc8nc7n5c46)c4ccccc4c32)cc1. The Hall–Kier alpha value is -6.26. The molecule has 0 fully saturated rings. The minimum absolute atomic E-state index is 0.910. The lowest BCUT2D eigenvalue weighted by molar-refractivity contribution is 1.19. The predicted octanol–water partition coefficient (Wildman–Crippen LogP) is 10.7. The van der Waals surface area contributed by atoms with Crippen molar-refractivity contribution in [1.82, 2.24) is 18.9 Å². The van der Waals surface area contributed by atoms with Crippen molar-refractivity contribution in [3.05, 3.63) is 146 Å². The molecular formula is C42H24N4. The fraction of sp³-hybridized carbons (Fsp3) is 0. The van der Waals surface area contributed by atoms with Crippen molar-refractivity contribution < 1.29 is 0 Å². The molecule has 0 amide bonds. The van der Waals surface area contributed by atoms with Crippen LogP contribution < -0.4 is 0 Å². The van der Waals surface area contributed by atoms with E-state index >= 15 is 0 Å². The van der Waals surface area contributed by atoms with Crippen LogP contribution in [0.3, 0.4) is 0 Å². The Kier molecular flexibility index (Phi) is 4.55. The standard InChI is InChI=1S/C42H24N4/c1-2-11-26(12-3-1)45-37-20-9-6-14-28(37)34-24-32(27-13-4-5-15-29(27)41(34)45)25-21-22-38-33(23-25)30-16-10-17-31-39-42(46(38)40(30)31)44-36-19-8-7-18-35(36)43-39/h1-24H. The van der Waals surface area contributed by atoms with Crippen LogP contribution in [0.5, 0.6) is 0 Å². The number of rotatable bonds is 2. The van der Waals surface area contributed by atoms with E-state index in [0.29, 0.717) is 0 Å². The molecular weight excluding hydrogens is 560 g/mol. The van der Waals surface area contributed by atoms with Gasteiger partial charge in [-0.05, 0) is 65.0 Å². The smallest absolute Gasteiger partial charge is 0.165 e. The molecule has 7 aromatic carbocycles. The van der Waals surface area contributed by atoms with E-state index in [-0.39, 0.29) is 0 Å². The molecule has 4 heteroatoms. The first-order chi connectivity index (χ1) is 22.8. The van der Waals surface area contributed by atoms with Gasteiger partial charge < -0.3 is 4.57 Å². The summed E-state index contributed by atoms with van der Waals surface area (Å²) in [5, 5.41) is 8.60. The molecule has 0 N–H and O–H groups in total. The van der Waals surface area contributed by atoms with Gasteiger partial charge in [-0.25, -0.2) is 9.97 Å². The lowest BCUT2D eigenvalue weighted by Crippen LogP contribution is -1.94. The Morgan fingerprint density at radius 2 is 1.09 bits per heavy atom. The number of benzene rings is 7. The fourth-order valence-corrected chi connectivity index (χ4v) is 7.88. The molecule has 0 saturated carbocycles. The Balaban J connectivity index is 1.24. The lowest BCUT2D eigenvalue weighted by atomic mass is 9.94. The van der Waals surface area contributed by atoms with Crippen LogP contribution in [-0.4, -0.2) is 18.9 Å². The van der Waals surface area contributed by atoms with Gasteiger partial charge in [-0.15, -0.1) is 0 Å². The molecule has 0 aliphatic heterocycles. The Morgan fingerprint density at radius 3 is 1.96 bits per heavy atom. The highest BCUT2D eigenvalue weighted by molar-refractivity contribution is 6.25. The largest absolute Gasteiger partial charge is 0.309 e. The summed E-state index contributed by atoms with van der Waals surface area (Å²) in [6.45, 7) is 0. The van der Waals surface area contributed by atoms with E-state index in [1.165, 1.54) is 65.7 Å². The highest BCUT2D eigenvalue weighted by Crippen LogP contribution is 2.44. The van der Waals surface area contributed by atoms with Gasteiger partial charge in [0.25, 0.3) is 0 Å². The summed E-state index contributed by atoms with van der Waals surface area (Å²) in [6.07, 6.45) is 0. The number of hydrogen-bond acceptors (Lipinski definition) is 2. The van der Waals surface area contributed by atoms with Gasteiger partial charge >= 0.3 is 0 Å². The number of para-hydroxylation sites is 5. The summed E-state index contributed by atoms with van der Waals surface area (Å²) < 4.78 is 4.73. The zero-order valence-corrected chi connectivity index (χ0v) is 24.6. The molecule has 11 aromatic rings. The molecule has 11 rings (SSSR count). The van der Waals surface area contributed by atoms with Gasteiger partial charge in [-0.2, -0.15) is 0 Å². The molecule has 4 heterocycles. The maximum Gasteiger partial charge on any atom is 0.165 e. The number of nitrogens with zero attached hydrogens (tertiary/aromatic N) is 4. The van der Waals surface area contributed by atoms with Gasteiger partial charge in [-0.3, -0.25) is 4.40 Å². The van der Waals surface area contributed by atoms with Crippen LogP contribution in [0.2, 0.25) is 0 Å². The van der Waals surface area contributed by atoms with E-state index in [2.05, 4.69) is 130 Å². The van der Waals surface area contributed by atoms with Crippen LogP contribution in [0, 0.1) is 0 Å². The van der Waals surface area contributed by atoms with Crippen molar-refractivity contribution in [2.75, 3.05) is 0 Å².